The average Bonchev–Trinajstić information content (AvgIpc) is 2.47. The summed E-state index contributed by atoms with van der Waals surface area (Å²) in [6, 6.07) is 9.48. The van der Waals surface area contributed by atoms with E-state index < -0.39 is 16.0 Å². The van der Waals surface area contributed by atoms with Gasteiger partial charge in [0.25, 0.3) is 0 Å². The number of hydrogen-bond donors (Lipinski definition) is 0. The predicted octanol–water partition coefficient (Wildman–Crippen LogP) is 2.00. The number of benzene rings is 1. The molecule has 1 unspecified atom stereocenters. The van der Waals surface area contributed by atoms with Crippen molar-refractivity contribution in [3.63, 3.8) is 0 Å². The molecule has 0 radical (unpaired) electrons. The fraction of sp³-hybridized carbons (Fsp3) is 0.533. The number of carbonyl (C=O) groups excluding carboxylic acids is 1. The van der Waals surface area contributed by atoms with Crippen molar-refractivity contribution in [2.45, 2.75) is 26.2 Å². The second-order valence-electron chi connectivity index (χ2n) is 5.00. The number of methoxy groups -OCH3 is 1. The molecule has 0 saturated carbocycles. The highest BCUT2D eigenvalue weighted by Gasteiger charge is 2.26. The molecule has 0 bridgehead atoms. The van der Waals surface area contributed by atoms with Crippen molar-refractivity contribution in [3.05, 3.63) is 35.9 Å². The van der Waals surface area contributed by atoms with Gasteiger partial charge >= 0.3 is 5.97 Å². The van der Waals surface area contributed by atoms with Crippen LogP contribution in [0.25, 0.3) is 0 Å². The number of esters is 1. The lowest BCUT2D eigenvalue weighted by Crippen LogP contribution is -2.39. The van der Waals surface area contributed by atoms with Gasteiger partial charge in [0.2, 0.25) is 10.0 Å². The quantitative estimate of drug-likeness (QED) is 0.689. The number of nitrogens with zero attached hydrogens (tertiary/aromatic N) is 1. The molecule has 0 aliphatic rings. The van der Waals surface area contributed by atoms with Crippen molar-refractivity contribution >= 4 is 16.0 Å². The Hall–Kier alpha value is -1.40. The molecule has 1 aromatic carbocycles. The number of hydrogen-bond acceptors (Lipinski definition) is 4. The first-order valence-electron chi connectivity index (χ1n) is 7.00. The third-order valence-electron chi connectivity index (χ3n) is 3.23. The van der Waals surface area contributed by atoms with Gasteiger partial charge in [0.05, 0.1) is 12.9 Å². The van der Waals surface area contributed by atoms with E-state index in [1.807, 2.05) is 44.2 Å². The molecule has 1 rings (SSSR count). The molecule has 0 aliphatic heterocycles. The molecular formula is C15H23NO4S. The van der Waals surface area contributed by atoms with Gasteiger partial charge in [0.15, 0.2) is 0 Å². The summed E-state index contributed by atoms with van der Waals surface area (Å²) in [5.41, 5.74) is 0.968. The van der Waals surface area contributed by atoms with E-state index in [-0.39, 0.29) is 18.2 Å². The molecule has 0 amide bonds. The fourth-order valence-electron chi connectivity index (χ4n) is 2.07. The molecule has 118 valence electrons. The van der Waals surface area contributed by atoms with Crippen LogP contribution in [0.2, 0.25) is 0 Å². The molecule has 1 aromatic rings. The Morgan fingerprint density at radius 2 is 1.90 bits per heavy atom. The van der Waals surface area contributed by atoms with Crippen LogP contribution in [-0.4, -0.2) is 44.6 Å². The van der Waals surface area contributed by atoms with Crippen molar-refractivity contribution in [1.29, 1.82) is 0 Å². The zero-order valence-electron chi connectivity index (χ0n) is 12.8. The van der Waals surface area contributed by atoms with Crippen LogP contribution in [0, 0.1) is 0 Å². The van der Waals surface area contributed by atoms with E-state index in [1.54, 1.807) is 0 Å². The topological polar surface area (TPSA) is 63.7 Å². The molecule has 21 heavy (non-hydrogen) atoms. The van der Waals surface area contributed by atoms with E-state index in [0.717, 1.165) is 5.56 Å². The molecule has 1 atom stereocenters. The van der Waals surface area contributed by atoms with Crippen molar-refractivity contribution in [2.75, 3.05) is 26.0 Å². The van der Waals surface area contributed by atoms with Crippen LogP contribution in [0.15, 0.2) is 30.3 Å². The number of sulfonamides is 1. The highest BCUT2D eigenvalue weighted by Crippen LogP contribution is 2.19. The van der Waals surface area contributed by atoms with Gasteiger partial charge in [-0.2, -0.15) is 4.31 Å². The summed E-state index contributed by atoms with van der Waals surface area (Å²) in [4.78, 5) is 11.4. The van der Waals surface area contributed by atoms with E-state index in [2.05, 4.69) is 4.74 Å². The summed E-state index contributed by atoms with van der Waals surface area (Å²) in [5, 5.41) is 0. The molecule has 0 fully saturated rings. The first kappa shape index (κ1) is 17.7. The minimum atomic E-state index is -3.50. The van der Waals surface area contributed by atoms with E-state index in [1.165, 1.54) is 11.4 Å². The molecule has 0 aliphatic carbocycles. The second kappa shape index (κ2) is 8.14. The van der Waals surface area contributed by atoms with Crippen LogP contribution in [0.1, 0.15) is 31.7 Å². The Morgan fingerprint density at radius 3 is 2.43 bits per heavy atom. The van der Waals surface area contributed by atoms with Gasteiger partial charge in [-0.3, -0.25) is 4.79 Å². The summed E-state index contributed by atoms with van der Waals surface area (Å²) in [6.07, 6.45) is 0.649. The zero-order valence-corrected chi connectivity index (χ0v) is 13.6. The third kappa shape index (κ3) is 5.47. The largest absolute Gasteiger partial charge is 0.468 e. The number of rotatable bonds is 8. The Morgan fingerprint density at radius 1 is 1.29 bits per heavy atom. The highest BCUT2D eigenvalue weighted by atomic mass is 32.2. The molecule has 0 aromatic heterocycles. The van der Waals surface area contributed by atoms with Crippen LogP contribution in [0.3, 0.4) is 0 Å². The predicted molar refractivity (Wildman–Crippen MR) is 82.5 cm³/mol. The molecular weight excluding hydrogens is 290 g/mol. The number of ether oxygens (including phenoxy) is 1. The zero-order chi connectivity index (χ0) is 15.9. The molecule has 5 nitrogen and oxygen atoms in total. The molecule has 0 saturated heterocycles. The van der Waals surface area contributed by atoms with Crippen molar-refractivity contribution in [1.82, 2.24) is 4.31 Å². The average molecular weight is 313 g/mol. The second-order valence-corrected chi connectivity index (χ2v) is 7.01. The minimum absolute atomic E-state index is 0.0198. The van der Waals surface area contributed by atoms with Crippen LogP contribution in [0.4, 0.5) is 0 Å². The smallest absolute Gasteiger partial charge is 0.321 e. The van der Waals surface area contributed by atoms with Gasteiger partial charge < -0.3 is 4.74 Å². The standard InChI is InChI=1S/C15H23NO4S/c1-4-10-16(11-15(17)20-3)21(18,19)12-13(2)14-8-6-5-7-9-14/h5-9,13H,4,10-12H2,1-3H3. The molecule has 0 N–H and O–H groups in total. The van der Waals surface area contributed by atoms with Gasteiger partial charge in [0, 0.05) is 6.54 Å². The Bertz CT molecular complexity index is 542. The minimum Gasteiger partial charge on any atom is -0.468 e. The lowest BCUT2D eigenvalue weighted by atomic mass is 10.0. The fourth-order valence-corrected chi connectivity index (χ4v) is 3.87. The van der Waals surface area contributed by atoms with E-state index in [4.69, 9.17) is 0 Å². The van der Waals surface area contributed by atoms with Gasteiger partial charge in [-0.1, -0.05) is 44.2 Å². The number of carbonyl (C=O) groups is 1. The molecule has 6 heteroatoms. The monoisotopic (exact) mass is 313 g/mol. The lowest BCUT2D eigenvalue weighted by molar-refractivity contribution is -0.140. The Kier molecular flexibility index (Phi) is 6.84. The summed E-state index contributed by atoms with van der Waals surface area (Å²) >= 11 is 0. The summed E-state index contributed by atoms with van der Waals surface area (Å²) < 4.78 is 30.7. The molecule has 0 spiro atoms. The van der Waals surface area contributed by atoms with Crippen molar-refractivity contribution < 1.29 is 17.9 Å². The first-order chi connectivity index (χ1) is 9.90. The highest BCUT2D eigenvalue weighted by molar-refractivity contribution is 7.89. The Balaban J connectivity index is 2.83. The third-order valence-corrected chi connectivity index (χ3v) is 5.25. The van der Waals surface area contributed by atoms with E-state index >= 15 is 0 Å². The lowest BCUT2D eigenvalue weighted by Gasteiger charge is -2.22. The maximum Gasteiger partial charge on any atom is 0.321 e. The van der Waals surface area contributed by atoms with Crippen LogP contribution < -0.4 is 0 Å². The summed E-state index contributed by atoms with van der Waals surface area (Å²) in [5.74, 6) is -0.693. The maximum atomic E-state index is 12.5. The SMILES string of the molecule is CCCN(CC(=O)OC)S(=O)(=O)CC(C)c1ccccc1. The first-order valence-corrected chi connectivity index (χ1v) is 8.61. The maximum absolute atomic E-state index is 12.5. The van der Waals surface area contributed by atoms with Crippen LogP contribution in [-0.2, 0) is 19.6 Å². The van der Waals surface area contributed by atoms with E-state index in [0.29, 0.717) is 13.0 Å². The summed E-state index contributed by atoms with van der Waals surface area (Å²) in [7, 11) is -2.25. The van der Waals surface area contributed by atoms with Gasteiger partial charge in [-0.25, -0.2) is 8.42 Å². The van der Waals surface area contributed by atoms with Gasteiger partial charge in [-0.15, -0.1) is 0 Å². The van der Waals surface area contributed by atoms with Crippen LogP contribution >= 0.6 is 0 Å². The van der Waals surface area contributed by atoms with E-state index in [9.17, 15) is 13.2 Å². The van der Waals surface area contributed by atoms with Crippen molar-refractivity contribution in [3.8, 4) is 0 Å². The van der Waals surface area contributed by atoms with Crippen LogP contribution in [0.5, 0.6) is 0 Å². The van der Waals surface area contributed by atoms with Gasteiger partial charge in [-0.05, 0) is 17.9 Å². The van der Waals surface area contributed by atoms with Crippen molar-refractivity contribution in [2.24, 2.45) is 0 Å². The summed E-state index contributed by atoms with van der Waals surface area (Å²) in [6.45, 7) is 3.84. The van der Waals surface area contributed by atoms with Gasteiger partial charge in [0.1, 0.15) is 6.54 Å². The normalized spacial score (nSPS) is 13.1. The molecule has 0 heterocycles. The Labute approximate surface area is 127 Å².